The molecule has 0 radical (unpaired) electrons. The summed E-state index contributed by atoms with van der Waals surface area (Å²) in [6.07, 6.45) is 11.1. The van der Waals surface area contributed by atoms with Crippen molar-refractivity contribution in [2.24, 2.45) is 0 Å². The molecule has 0 unspecified atom stereocenters. The van der Waals surface area contributed by atoms with Gasteiger partial charge in [0.05, 0.1) is 0 Å². The lowest BCUT2D eigenvalue weighted by Gasteiger charge is -2.34. The Labute approximate surface area is 139 Å². The molecule has 4 heteroatoms. The Hall–Kier alpha value is -0.750. The lowest BCUT2D eigenvalue weighted by atomic mass is 9.95. The Morgan fingerprint density at radius 2 is 2.05 bits per heavy atom. The Balaban J connectivity index is 1.48. The van der Waals surface area contributed by atoms with Gasteiger partial charge < -0.3 is 9.47 Å². The monoisotopic (exact) mass is 397 g/mol. The fraction of sp³-hybridized carbons (Fsp3) is 0.529. The number of fused-ring (bicyclic) bond motifs is 1. The number of likely N-dealkylation sites (tertiary alicyclic amines) is 1. The Morgan fingerprint density at radius 1 is 1.19 bits per heavy atom. The molecule has 0 bridgehead atoms. The van der Waals surface area contributed by atoms with Crippen molar-refractivity contribution in [2.75, 3.05) is 19.9 Å². The van der Waals surface area contributed by atoms with Gasteiger partial charge in [0.15, 0.2) is 11.5 Å². The van der Waals surface area contributed by atoms with Crippen molar-refractivity contribution in [3.63, 3.8) is 0 Å². The number of benzene rings is 1. The Morgan fingerprint density at radius 3 is 2.86 bits per heavy atom. The zero-order valence-corrected chi connectivity index (χ0v) is 14.3. The smallest absolute Gasteiger partial charge is 0.231 e. The molecule has 0 aromatic heterocycles. The maximum Gasteiger partial charge on any atom is 0.231 e. The van der Waals surface area contributed by atoms with Crippen molar-refractivity contribution < 1.29 is 9.47 Å². The maximum absolute atomic E-state index is 5.51. The third kappa shape index (κ3) is 2.46. The van der Waals surface area contributed by atoms with Crippen molar-refractivity contribution in [2.45, 2.75) is 37.6 Å². The zero-order valence-electron chi connectivity index (χ0n) is 12.1. The van der Waals surface area contributed by atoms with E-state index in [4.69, 9.17) is 9.47 Å². The highest BCUT2D eigenvalue weighted by Gasteiger charge is 2.39. The molecule has 3 nitrogen and oxygen atoms in total. The van der Waals surface area contributed by atoms with Crippen molar-refractivity contribution in [3.05, 3.63) is 33.4 Å². The molecule has 1 atom stereocenters. The molecule has 2 heterocycles. The van der Waals surface area contributed by atoms with Crippen LogP contribution in [0.4, 0.5) is 0 Å². The Kier molecular flexibility index (Phi) is 3.61. The zero-order chi connectivity index (χ0) is 14.3. The van der Waals surface area contributed by atoms with Crippen LogP contribution in [-0.4, -0.2) is 30.3 Å². The number of rotatable bonds is 3. The van der Waals surface area contributed by atoms with E-state index in [-0.39, 0.29) is 0 Å². The summed E-state index contributed by atoms with van der Waals surface area (Å²) in [6, 6.07) is 4.27. The number of hydrogen-bond donors (Lipinski definition) is 0. The first-order chi connectivity index (χ1) is 10.3. The summed E-state index contributed by atoms with van der Waals surface area (Å²) in [4.78, 5) is 2.69. The highest BCUT2D eigenvalue weighted by molar-refractivity contribution is 14.1. The van der Waals surface area contributed by atoms with Crippen LogP contribution in [0.15, 0.2) is 24.3 Å². The lowest BCUT2D eigenvalue weighted by Crippen LogP contribution is -2.41. The van der Waals surface area contributed by atoms with E-state index in [2.05, 4.69) is 51.8 Å². The maximum atomic E-state index is 5.51. The second-order valence-electron chi connectivity index (χ2n) is 6.18. The van der Waals surface area contributed by atoms with Crippen molar-refractivity contribution in [1.82, 2.24) is 4.90 Å². The fourth-order valence-electron chi connectivity index (χ4n) is 3.89. The van der Waals surface area contributed by atoms with E-state index < -0.39 is 0 Å². The van der Waals surface area contributed by atoms with Gasteiger partial charge in [-0.25, -0.2) is 0 Å². The minimum absolute atomic E-state index is 0.356. The molecule has 1 fully saturated rings. The topological polar surface area (TPSA) is 21.7 Å². The van der Waals surface area contributed by atoms with Crippen molar-refractivity contribution in [1.29, 1.82) is 0 Å². The summed E-state index contributed by atoms with van der Waals surface area (Å²) < 4.78 is 12.2. The van der Waals surface area contributed by atoms with E-state index in [1.807, 2.05) is 0 Å². The summed E-state index contributed by atoms with van der Waals surface area (Å²) in [5, 5.41) is 0. The molecule has 21 heavy (non-hydrogen) atoms. The first-order valence-corrected chi connectivity index (χ1v) is 8.86. The normalized spacial score (nSPS) is 27.1. The van der Waals surface area contributed by atoms with Crippen molar-refractivity contribution >= 4 is 22.6 Å². The first-order valence-electron chi connectivity index (χ1n) is 7.78. The highest BCUT2D eigenvalue weighted by atomic mass is 127. The van der Waals surface area contributed by atoms with Crippen LogP contribution < -0.4 is 9.47 Å². The van der Waals surface area contributed by atoms with Gasteiger partial charge in [-0.3, -0.25) is 4.90 Å². The molecule has 1 aromatic carbocycles. The molecular weight excluding hydrogens is 377 g/mol. The van der Waals surface area contributed by atoms with Gasteiger partial charge in [-0.05, 0) is 78.9 Å². The third-order valence-corrected chi connectivity index (χ3v) is 6.04. The van der Waals surface area contributed by atoms with E-state index in [0.717, 1.165) is 24.5 Å². The van der Waals surface area contributed by atoms with Crippen molar-refractivity contribution in [3.8, 4) is 11.5 Å². The number of hydrogen-bond acceptors (Lipinski definition) is 3. The Bertz CT molecular complexity index is 586. The van der Waals surface area contributed by atoms with E-state index in [1.54, 1.807) is 0 Å². The van der Waals surface area contributed by atoms with Crippen LogP contribution in [0.3, 0.4) is 0 Å². The molecule has 0 amide bonds. The van der Waals surface area contributed by atoms with Gasteiger partial charge in [0, 0.05) is 15.7 Å². The van der Waals surface area contributed by atoms with E-state index in [0.29, 0.717) is 12.3 Å². The molecule has 4 rings (SSSR count). The van der Waals surface area contributed by atoms with Crippen LogP contribution in [0.2, 0.25) is 0 Å². The predicted octanol–water partition coefficient (Wildman–Crippen LogP) is 3.75. The molecule has 1 spiro atoms. The van der Waals surface area contributed by atoms with Gasteiger partial charge in [-0.1, -0.05) is 12.2 Å². The van der Waals surface area contributed by atoms with Gasteiger partial charge in [-0.2, -0.15) is 0 Å². The number of halogens is 1. The molecule has 1 aromatic rings. The average molecular weight is 397 g/mol. The van der Waals surface area contributed by atoms with Crippen LogP contribution in [0.1, 0.15) is 31.2 Å². The van der Waals surface area contributed by atoms with Gasteiger partial charge in [0.25, 0.3) is 0 Å². The summed E-state index contributed by atoms with van der Waals surface area (Å²) in [7, 11) is 0. The largest absolute Gasteiger partial charge is 0.454 e. The predicted molar refractivity (Wildman–Crippen MR) is 90.9 cm³/mol. The van der Waals surface area contributed by atoms with Gasteiger partial charge in [0.2, 0.25) is 6.79 Å². The molecule has 2 aliphatic heterocycles. The minimum Gasteiger partial charge on any atom is -0.454 e. The van der Waals surface area contributed by atoms with Crippen LogP contribution in [-0.2, 0) is 6.42 Å². The molecule has 1 saturated heterocycles. The minimum atomic E-state index is 0.356. The van der Waals surface area contributed by atoms with Crippen LogP contribution in [0.5, 0.6) is 11.5 Å². The summed E-state index contributed by atoms with van der Waals surface area (Å²) in [6.45, 7) is 2.74. The quantitative estimate of drug-likeness (QED) is 0.573. The lowest BCUT2D eigenvalue weighted by molar-refractivity contribution is 0.174. The molecule has 0 saturated carbocycles. The summed E-state index contributed by atoms with van der Waals surface area (Å²) >= 11 is 2.41. The van der Waals surface area contributed by atoms with E-state index >= 15 is 0 Å². The molecule has 112 valence electrons. The van der Waals surface area contributed by atoms with E-state index in [9.17, 15) is 0 Å². The average Bonchev–Trinajstić information content (AvgIpc) is 3.19. The van der Waals surface area contributed by atoms with Crippen LogP contribution in [0.25, 0.3) is 0 Å². The van der Waals surface area contributed by atoms with Crippen LogP contribution >= 0.6 is 22.6 Å². The standard InChI is InChI=1S/C17H20INO2/c18-14-11-16-15(20-12-21-16)10-13(14)4-9-19-8-3-7-17(19)5-1-2-6-17/h1,5,10-11H,2-4,6-9,12H2/t17-/m1/s1. The van der Waals surface area contributed by atoms with Gasteiger partial charge in [0.1, 0.15) is 0 Å². The SMILES string of the molecule is Ic1cc2c(cc1CCN1CCC[C@]13C=CCC3)OCO2. The van der Waals surface area contributed by atoms with Gasteiger partial charge >= 0.3 is 0 Å². The molecule has 3 aliphatic rings. The molecule has 0 N–H and O–H groups in total. The summed E-state index contributed by atoms with van der Waals surface area (Å²) in [5.74, 6) is 1.79. The molecular formula is C17H20INO2. The van der Waals surface area contributed by atoms with Gasteiger partial charge in [-0.15, -0.1) is 0 Å². The van der Waals surface area contributed by atoms with Crippen LogP contribution in [0, 0.1) is 3.57 Å². The number of allylic oxidation sites excluding steroid dienone is 1. The second kappa shape index (κ2) is 5.47. The third-order valence-electron chi connectivity index (χ3n) is 5.03. The first kappa shape index (κ1) is 13.9. The number of nitrogens with zero attached hydrogens (tertiary/aromatic N) is 1. The summed E-state index contributed by atoms with van der Waals surface area (Å²) in [5.41, 5.74) is 1.76. The molecule has 1 aliphatic carbocycles. The fourth-order valence-corrected chi connectivity index (χ4v) is 4.60. The highest BCUT2D eigenvalue weighted by Crippen LogP contribution is 2.39. The number of ether oxygens (including phenoxy) is 2. The second-order valence-corrected chi connectivity index (χ2v) is 7.34. The van der Waals surface area contributed by atoms with E-state index in [1.165, 1.54) is 41.4 Å².